The van der Waals surface area contributed by atoms with Crippen molar-refractivity contribution < 1.29 is 9.18 Å². The van der Waals surface area contributed by atoms with Gasteiger partial charge < -0.3 is 5.73 Å². The molecule has 0 aromatic heterocycles. The fraction of sp³-hybridized carbons (Fsp3) is 0. The topological polar surface area (TPSA) is 43.1 Å². The van der Waals surface area contributed by atoms with Gasteiger partial charge >= 0.3 is 0 Å². The summed E-state index contributed by atoms with van der Waals surface area (Å²) in [4.78, 5) is 10.3. The molecule has 0 aliphatic carbocycles. The predicted octanol–water partition coefficient (Wildman–Crippen LogP) is 1.87. The number of rotatable bonds is 1. The molecule has 0 heterocycles. The molecule has 0 fully saturated rings. The Balaban J connectivity index is 3.40. The molecule has 11 heavy (non-hydrogen) atoms. The van der Waals surface area contributed by atoms with Gasteiger partial charge in [0.05, 0.1) is 16.3 Å². The lowest BCUT2D eigenvalue weighted by molar-refractivity contribution is 0.112. The molecule has 0 aliphatic rings. The predicted molar refractivity (Wildman–Crippen MR) is 41.2 cm³/mol. The second-order valence-corrected chi connectivity index (χ2v) is 2.38. The first kappa shape index (κ1) is 8.01. The molecule has 2 N–H and O–H groups in total. The lowest BCUT2D eigenvalue weighted by Gasteiger charge is -2.00. The summed E-state index contributed by atoms with van der Waals surface area (Å²) < 4.78 is 12.6. The summed E-state index contributed by atoms with van der Waals surface area (Å²) in [7, 11) is 0. The molecule has 0 bridgehead atoms. The van der Waals surface area contributed by atoms with Gasteiger partial charge in [-0.15, -0.1) is 0 Å². The molecule has 0 saturated carbocycles. The summed E-state index contributed by atoms with van der Waals surface area (Å²) in [6, 6.07) is 2.40. The van der Waals surface area contributed by atoms with E-state index in [0.717, 1.165) is 6.07 Å². The highest BCUT2D eigenvalue weighted by molar-refractivity contribution is 6.33. The smallest absolute Gasteiger partial charge is 0.153 e. The number of aldehydes is 1. The number of carbonyl (C=O) groups is 1. The number of hydrogen-bond donors (Lipinski definition) is 1. The van der Waals surface area contributed by atoms with Crippen molar-refractivity contribution in [3.63, 3.8) is 0 Å². The van der Waals surface area contributed by atoms with Crippen LogP contribution in [0.2, 0.25) is 5.02 Å². The van der Waals surface area contributed by atoms with Crippen molar-refractivity contribution >= 4 is 23.6 Å². The number of anilines is 1. The molecule has 4 heteroatoms. The van der Waals surface area contributed by atoms with Crippen molar-refractivity contribution in [2.24, 2.45) is 0 Å². The number of nitrogen functional groups attached to an aromatic ring is 1. The van der Waals surface area contributed by atoms with Gasteiger partial charge in [0.2, 0.25) is 0 Å². The van der Waals surface area contributed by atoms with E-state index in [1.807, 2.05) is 0 Å². The monoisotopic (exact) mass is 173 g/mol. The molecule has 0 unspecified atom stereocenters. The van der Waals surface area contributed by atoms with E-state index in [1.54, 1.807) is 0 Å². The third kappa shape index (κ3) is 1.33. The third-order valence-electron chi connectivity index (χ3n) is 1.30. The van der Waals surface area contributed by atoms with Gasteiger partial charge in [0.1, 0.15) is 5.82 Å². The summed E-state index contributed by atoms with van der Waals surface area (Å²) in [6.45, 7) is 0. The van der Waals surface area contributed by atoms with Crippen LogP contribution >= 0.6 is 11.6 Å². The Morgan fingerprint density at radius 3 is 2.64 bits per heavy atom. The van der Waals surface area contributed by atoms with Gasteiger partial charge in [0.15, 0.2) is 6.29 Å². The van der Waals surface area contributed by atoms with Crippen molar-refractivity contribution in [2.75, 3.05) is 5.73 Å². The summed E-state index contributed by atoms with van der Waals surface area (Å²) in [6.07, 6.45) is 0.431. The molecular formula is C7H5ClFNO. The zero-order valence-electron chi connectivity index (χ0n) is 5.47. The number of carbonyl (C=O) groups excluding carboxylic acids is 1. The van der Waals surface area contributed by atoms with E-state index in [0.29, 0.717) is 6.29 Å². The van der Waals surface area contributed by atoms with Crippen LogP contribution in [0.25, 0.3) is 0 Å². The maximum Gasteiger partial charge on any atom is 0.153 e. The largest absolute Gasteiger partial charge is 0.396 e. The molecule has 1 aromatic carbocycles. The molecular weight excluding hydrogens is 169 g/mol. The van der Waals surface area contributed by atoms with Crippen LogP contribution < -0.4 is 5.73 Å². The highest BCUT2D eigenvalue weighted by Gasteiger charge is 2.07. The Morgan fingerprint density at radius 2 is 2.18 bits per heavy atom. The van der Waals surface area contributed by atoms with Gasteiger partial charge in [-0.1, -0.05) is 11.6 Å². The molecule has 1 aromatic rings. The van der Waals surface area contributed by atoms with Gasteiger partial charge in [-0.25, -0.2) is 4.39 Å². The number of nitrogens with two attached hydrogens (primary N) is 1. The average Bonchev–Trinajstić information content (AvgIpc) is 1.99. The zero-order valence-corrected chi connectivity index (χ0v) is 6.23. The number of halogens is 2. The third-order valence-corrected chi connectivity index (χ3v) is 1.63. The van der Waals surface area contributed by atoms with E-state index in [2.05, 4.69) is 0 Å². The van der Waals surface area contributed by atoms with Crippen LogP contribution in [0, 0.1) is 5.82 Å². The van der Waals surface area contributed by atoms with Gasteiger partial charge in [0.25, 0.3) is 0 Å². The van der Waals surface area contributed by atoms with Crippen molar-refractivity contribution in [3.8, 4) is 0 Å². The Morgan fingerprint density at radius 1 is 1.55 bits per heavy atom. The van der Waals surface area contributed by atoms with Gasteiger partial charge in [-0.2, -0.15) is 0 Å². The van der Waals surface area contributed by atoms with Crippen LogP contribution in [0.3, 0.4) is 0 Å². The summed E-state index contributed by atoms with van der Waals surface area (Å²) >= 11 is 5.52. The van der Waals surface area contributed by atoms with Crippen molar-refractivity contribution in [2.45, 2.75) is 0 Å². The summed E-state index contributed by atoms with van der Waals surface area (Å²) in [5.41, 5.74) is 5.01. The highest BCUT2D eigenvalue weighted by atomic mass is 35.5. The first-order valence-electron chi connectivity index (χ1n) is 2.85. The Hall–Kier alpha value is -1.09. The average molecular weight is 174 g/mol. The van der Waals surface area contributed by atoms with Crippen LogP contribution in [-0.4, -0.2) is 6.29 Å². The van der Waals surface area contributed by atoms with Crippen LogP contribution in [0.5, 0.6) is 0 Å². The second-order valence-electron chi connectivity index (χ2n) is 1.97. The molecule has 58 valence electrons. The van der Waals surface area contributed by atoms with E-state index < -0.39 is 5.82 Å². The SMILES string of the molecule is Nc1c(F)ccc(Cl)c1C=O. The van der Waals surface area contributed by atoms with Gasteiger partial charge in [-0.05, 0) is 12.1 Å². The molecule has 2 nitrogen and oxygen atoms in total. The molecule has 0 spiro atoms. The Labute approximate surface area is 67.8 Å². The standard InChI is InChI=1S/C7H5ClFNO/c8-5-1-2-6(9)7(10)4(5)3-11/h1-3H,10H2. The molecule has 0 atom stereocenters. The first-order chi connectivity index (χ1) is 5.16. The fourth-order valence-electron chi connectivity index (χ4n) is 0.703. The van der Waals surface area contributed by atoms with Gasteiger partial charge in [0, 0.05) is 0 Å². The minimum atomic E-state index is -0.628. The van der Waals surface area contributed by atoms with E-state index >= 15 is 0 Å². The quantitative estimate of drug-likeness (QED) is 0.521. The van der Waals surface area contributed by atoms with Crippen LogP contribution in [0.15, 0.2) is 12.1 Å². The lowest BCUT2D eigenvalue weighted by atomic mass is 10.2. The minimum Gasteiger partial charge on any atom is -0.396 e. The van der Waals surface area contributed by atoms with Gasteiger partial charge in [-0.3, -0.25) is 4.79 Å². The van der Waals surface area contributed by atoms with Crippen LogP contribution in [-0.2, 0) is 0 Å². The maximum atomic E-state index is 12.6. The summed E-state index contributed by atoms with van der Waals surface area (Å²) in [5, 5.41) is 0.166. The number of hydrogen-bond acceptors (Lipinski definition) is 2. The Kier molecular flexibility index (Phi) is 2.10. The van der Waals surface area contributed by atoms with E-state index in [4.69, 9.17) is 17.3 Å². The molecule has 0 radical (unpaired) electrons. The molecule has 0 aliphatic heterocycles. The van der Waals surface area contributed by atoms with Crippen LogP contribution in [0.1, 0.15) is 10.4 Å². The van der Waals surface area contributed by atoms with Crippen molar-refractivity contribution in [1.29, 1.82) is 0 Å². The maximum absolute atomic E-state index is 12.6. The van der Waals surface area contributed by atoms with E-state index in [1.165, 1.54) is 6.07 Å². The van der Waals surface area contributed by atoms with E-state index in [-0.39, 0.29) is 16.3 Å². The Bertz CT molecular complexity index is 301. The van der Waals surface area contributed by atoms with E-state index in [9.17, 15) is 9.18 Å². The summed E-state index contributed by atoms with van der Waals surface area (Å²) in [5.74, 6) is -0.628. The molecule has 0 amide bonds. The van der Waals surface area contributed by atoms with Crippen molar-refractivity contribution in [1.82, 2.24) is 0 Å². The van der Waals surface area contributed by atoms with Crippen LogP contribution in [0.4, 0.5) is 10.1 Å². The molecule has 1 rings (SSSR count). The fourth-order valence-corrected chi connectivity index (χ4v) is 0.912. The minimum absolute atomic E-state index is 0.00617. The van der Waals surface area contributed by atoms with Crippen molar-refractivity contribution in [3.05, 3.63) is 28.5 Å². The first-order valence-corrected chi connectivity index (χ1v) is 3.23. The normalized spacial score (nSPS) is 9.64. The number of benzene rings is 1. The highest BCUT2D eigenvalue weighted by Crippen LogP contribution is 2.22. The molecule has 0 saturated heterocycles. The zero-order chi connectivity index (χ0) is 8.43. The second kappa shape index (κ2) is 2.88. The lowest BCUT2D eigenvalue weighted by Crippen LogP contribution is -1.97.